The van der Waals surface area contributed by atoms with Crippen LogP contribution in [0.4, 0.5) is 0 Å². The Kier molecular flexibility index (Phi) is 4.21. The third kappa shape index (κ3) is 2.90. The summed E-state index contributed by atoms with van der Waals surface area (Å²) in [5, 5.41) is 0.601. The lowest BCUT2D eigenvalue weighted by atomic mass is 10.1. The summed E-state index contributed by atoms with van der Waals surface area (Å²) < 4.78 is 7.74. The van der Waals surface area contributed by atoms with Crippen molar-refractivity contribution in [1.29, 1.82) is 0 Å². The number of fused-ring (bicyclic) bond motifs is 1. The van der Waals surface area contributed by atoms with Crippen LogP contribution in [0.3, 0.4) is 0 Å². The van der Waals surface area contributed by atoms with Gasteiger partial charge in [-0.25, -0.2) is 4.98 Å². The predicted molar refractivity (Wildman–Crippen MR) is 105 cm³/mol. The summed E-state index contributed by atoms with van der Waals surface area (Å²) in [6.07, 6.45) is 0. The minimum Gasteiger partial charge on any atom is -0.435 e. The number of benzene rings is 3. The minimum absolute atomic E-state index is 0.502. The number of oxazole rings is 1. The molecule has 0 bridgehead atoms. The van der Waals surface area contributed by atoms with Gasteiger partial charge in [-0.3, -0.25) is 0 Å². The monoisotopic (exact) mass is 461 g/mol. The molecule has 0 saturated carbocycles. The Morgan fingerprint density at radius 3 is 2.46 bits per heavy atom. The highest BCUT2D eigenvalue weighted by molar-refractivity contribution is 9.11. The van der Waals surface area contributed by atoms with Gasteiger partial charge in [-0.2, -0.15) is 0 Å². The number of halogens is 3. The van der Waals surface area contributed by atoms with E-state index in [1.807, 2.05) is 48.5 Å². The molecule has 0 unspecified atom stereocenters. The van der Waals surface area contributed by atoms with Crippen molar-refractivity contribution < 1.29 is 4.42 Å². The predicted octanol–water partition coefficient (Wildman–Crippen LogP) is 7.34. The summed E-state index contributed by atoms with van der Waals surface area (Å²) in [6.45, 7) is 0. The van der Waals surface area contributed by atoms with Crippen LogP contribution in [0, 0.1) is 0 Å². The van der Waals surface area contributed by atoms with Crippen LogP contribution in [-0.2, 0) is 0 Å². The average Bonchev–Trinajstić information content (AvgIpc) is 3.02. The lowest BCUT2D eigenvalue weighted by Gasteiger charge is -2.02. The van der Waals surface area contributed by atoms with Gasteiger partial charge in [-0.15, -0.1) is 0 Å². The van der Waals surface area contributed by atoms with E-state index in [0.29, 0.717) is 16.5 Å². The summed E-state index contributed by atoms with van der Waals surface area (Å²) in [6, 6.07) is 19.8. The number of nitrogens with zero attached hydrogens (tertiary/aromatic N) is 1. The van der Waals surface area contributed by atoms with Crippen molar-refractivity contribution in [1.82, 2.24) is 4.98 Å². The molecule has 3 aromatic carbocycles. The summed E-state index contributed by atoms with van der Waals surface area (Å²) in [4.78, 5) is 4.63. The molecular weight excluding hydrogens is 453 g/mol. The molecule has 4 aromatic rings. The van der Waals surface area contributed by atoms with Gasteiger partial charge in [-0.1, -0.05) is 57.9 Å². The van der Waals surface area contributed by atoms with Crippen molar-refractivity contribution in [2.45, 2.75) is 0 Å². The second-order valence-corrected chi connectivity index (χ2v) is 7.49. The van der Waals surface area contributed by atoms with E-state index in [9.17, 15) is 0 Å². The molecule has 0 aliphatic carbocycles. The van der Waals surface area contributed by atoms with Crippen LogP contribution in [0.2, 0.25) is 5.02 Å². The zero-order chi connectivity index (χ0) is 16.7. The Balaban J connectivity index is 1.90. The van der Waals surface area contributed by atoms with Crippen molar-refractivity contribution in [3.63, 3.8) is 0 Å². The lowest BCUT2D eigenvalue weighted by Crippen LogP contribution is -1.80. The maximum absolute atomic E-state index is 6.29. The van der Waals surface area contributed by atoms with E-state index in [0.717, 1.165) is 31.2 Å². The topological polar surface area (TPSA) is 26.0 Å². The van der Waals surface area contributed by atoms with Crippen molar-refractivity contribution in [3.8, 4) is 22.6 Å². The van der Waals surface area contributed by atoms with Crippen molar-refractivity contribution in [3.05, 3.63) is 74.6 Å². The van der Waals surface area contributed by atoms with Crippen LogP contribution in [0.15, 0.2) is 74.0 Å². The zero-order valence-corrected chi connectivity index (χ0v) is 16.2. The van der Waals surface area contributed by atoms with Crippen molar-refractivity contribution in [2.24, 2.45) is 0 Å². The van der Waals surface area contributed by atoms with Gasteiger partial charge in [0.2, 0.25) is 5.89 Å². The molecule has 0 fully saturated rings. The molecule has 1 heterocycles. The Hall–Kier alpha value is -1.62. The Labute approximate surface area is 160 Å². The van der Waals surface area contributed by atoms with Crippen LogP contribution in [0.1, 0.15) is 0 Å². The molecule has 0 N–H and O–H groups in total. The first-order chi connectivity index (χ1) is 11.6. The molecule has 118 valence electrons. The molecule has 24 heavy (non-hydrogen) atoms. The Morgan fingerprint density at radius 2 is 1.67 bits per heavy atom. The van der Waals surface area contributed by atoms with Crippen LogP contribution >= 0.6 is 43.5 Å². The van der Waals surface area contributed by atoms with Gasteiger partial charge < -0.3 is 4.42 Å². The van der Waals surface area contributed by atoms with Gasteiger partial charge in [0, 0.05) is 4.47 Å². The number of aromatic nitrogens is 1. The van der Waals surface area contributed by atoms with E-state index in [1.54, 1.807) is 0 Å². The smallest absolute Gasteiger partial charge is 0.228 e. The van der Waals surface area contributed by atoms with Crippen molar-refractivity contribution >= 4 is 54.6 Å². The number of rotatable bonds is 2. The second kappa shape index (κ2) is 6.36. The van der Waals surface area contributed by atoms with Crippen molar-refractivity contribution in [2.75, 3.05) is 0 Å². The fourth-order valence-electron chi connectivity index (χ4n) is 2.57. The fourth-order valence-corrected chi connectivity index (χ4v) is 3.66. The highest BCUT2D eigenvalue weighted by Crippen LogP contribution is 2.36. The van der Waals surface area contributed by atoms with Gasteiger partial charge in [0.15, 0.2) is 5.58 Å². The molecule has 0 amide bonds. The summed E-state index contributed by atoms with van der Waals surface area (Å²) >= 11 is 13.3. The first-order valence-electron chi connectivity index (χ1n) is 7.23. The Bertz CT molecular complexity index is 1040. The number of hydrogen-bond acceptors (Lipinski definition) is 2. The molecular formula is C19H10Br2ClNO. The first-order valence-corrected chi connectivity index (χ1v) is 9.19. The van der Waals surface area contributed by atoms with E-state index < -0.39 is 0 Å². The summed E-state index contributed by atoms with van der Waals surface area (Å²) in [7, 11) is 0. The number of hydrogen-bond donors (Lipinski definition) is 0. The van der Waals surface area contributed by atoms with E-state index in [4.69, 9.17) is 16.0 Å². The van der Waals surface area contributed by atoms with Crippen LogP contribution in [0.5, 0.6) is 0 Å². The molecule has 0 aliphatic heterocycles. The van der Waals surface area contributed by atoms with Crippen LogP contribution < -0.4 is 0 Å². The van der Waals surface area contributed by atoms with E-state index in [-0.39, 0.29) is 0 Å². The summed E-state index contributed by atoms with van der Waals surface area (Å²) in [5.74, 6) is 0.502. The lowest BCUT2D eigenvalue weighted by molar-refractivity contribution is 0.618. The van der Waals surface area contributed by atoms with Gasteiger partial charge >= 0.3 is 0 Å². The largest absolute Gasteiger partial charge is 0.435 e. The van der Waals surface area contributed by atoms with Gasteiger partial charge in [0.25, 0.3) is 0 Å². The third-order valence-corrected chi connectivity index (χ3v) is 5.12. The highest BCUT2D eigenvalue weighted by Gasteiger charge is 2.15. The molecule has 2 nitrogen and oxygen atoms in total. The molecule has 5 heteroatoms. The molecule has 0 radical (unpaired) electrons. The van der Waals surface area contributed by atoms with Crippen LogP contribution in [0.25, 0.3) is 33.7 Å². The molecule has 0 spiro atoms. The molecule has 1 aromatic heterocycles. The summed E-state index contributed by atoms with van der Waals surface area (Å²) in [5.41, 5.74) is 4.46. The van der Waals surface area contributed by atoms with Gasteiger partial charge in [0.1, 0.15) is 5.52 Å². The molecule has 0 aliphatic rings. The van der Waals surface area contributed by atoms with E-state index >= 15 is 0 Å². The average molecular weight is 464 g/mol. The van der Waals surface area contributed by atoms with Gasteiger partial charge in [-0.05, 0) is 57.4 Å². The SMILES string of the molecule is Clc1ccc(Br)cc1-c1nc2cc(-c3ccccc3)cc(Br)c2o1. The zero-order valence-electron chi connectivity index (χ0n) is 12.3. The second-order valence-electron chi connectivity index (χ2n) is 5.32. The van der Waals surface area contributed by atoms with E-state index in [1.165, 1.54) is 0 Å². The Morgan fingerprint density at radius 1 is 0.875 bits per heavy atom. The normalized spacial score (nSPS) is 11.1. The third-order valence-electron chi connectivity index (χ3n) is 3.71. The molecule has 4 rings (SSSR count). The molecule has 0 atom stereocenters. The maximum atomic E-state index is 6.29. The standard InChI is InChI=1S/C19H10Br2ClNO/c20-13-6-7-16(22)14(10-13)19-23-17-9-12(8-15(21)18(17)24-19)11-4-2-1-3-5-11/h1-10H. The molecule has 0 saturated heterocycles. The van der Waals surface area contributed by atoms with E-state index in [2.05, 4.69) is 49.0 Å². The minimum atomic E-state index is 0.502. The van der Waals surface area contributed by atoms with Gasteiger partial charge in [0.05, 0.1) is 15.1 Å². The quantitative estimate of drug-likeness (QED) is 0.311. The van der Waals surface area contributed by atoms with Crippen LogP contribution in [-0.4, -0.2) is 4.98 Å². The highest BCUT2D eigenvalue weighted by atomic mass is 79.9. The first kappa shape index (κ1) is 15.9. The fraction of sp³-hybridized carbons (Fsp3) is 0. The maximum Gasteiger partial charge on any atom is 0.228 e.